The van der Waals surface area contributed by atoms with Crippen LogP contribution in [0.4, 0.5) is 5.13 Å². The largest absolute Gasteiger partial charge is 0.389 e. The number of anilines is 1. The predicted molar refractivity (Wildman–Crippen MR) is 142 cm³/mol. The molecule has 1 saturated carbocycles. The average molecular weight is 562 g/mol. The molecule has 5 rings (SSSR count). The molecule has 3 heterocycles. The van der Waals surface area contributed by atoms with Crippen molar-refractivity contribution in [1.29, 1.82) is 0 Å². The molecule has 2 aromatic rings. The molecule has 204 valence electrons. The van der Waals surface area contributed by atoms with E-state index in [-0.39, 0.29) is 28.0 Å². The molecule has 11 nitrogen and oxygen atoms in total. The van der Waals surface area contributed by atoms with Crippen LogP contribution in [0.5, 0.6) is 0 Å². The van der Waals surface area contributed by atoms with E-state index in [9.17, 15) is 18.0 Å². The number of nitrogens with one attached hydrogen (secondary N) is 2. The maximum Gasteiger partial charge on any atom is 0.280 e. The zero-order valence-corrected chi connectivity index (χ0v) is 22.5. The monoisotopic (exact) mass is 561 g/mol. The van der Waals surface area contributed by atoms with E-state index in [2.05, 4.69) is 25.7 Å². The van der Waals surface area contributed by atoms with Crippen molar-refractivity contribution < 1.29 is 27.6 Å². The predicted octanol–water partition coefficient (Wildman–Crippen LogP) is 1.94. The van der Waals surface area contributed by atoms with E-state index in [4.69, 9.17) is 9.57 Å². The molecule has 0 bridgehead atoms. The van der Waals surface area contributed by atoms with E-state index in [1.165, 1.54) is 23.5 Å². The third-order valence-corrected chi connectivity index (χ3v) is 10.0. The number of benzene rings is 1. The lowest BCUT2D eigenvalue weighted by molar-refractivity contribution is -0.111. The van der Waals surface area contributed by atoms with Crippen molar-refractivity contribution in [3.8, 4) is 0 Å². The number of ether oxygens (including phenoxy) is 1. The van der Waals surface area contributed by atoms with Crippen molar-refractivity contribution in [2.24, 2.45) is 5.16 Å². The number of aromatic nitrogens is 1. The Hall–Kier alpha value is -2.87. The van der Waals surface area contributed by atoms with Gasteiger partial charge < -0.3 is 14.9 Å². The molecule has 1 aromatic carbocycles. The molecule has 2 N–H and O–H groups in total. The minimum atomic E-state index is -3.34. The van der Waals surface area contributed by atoms with Gasteiger partial charge in [-0.1, -0.05) is 17.3 Å². The summed E-state index contributed by atoms with van der Waals surface area (Å²) in [5.74, 6) is -0.497. The summed E-state index contributed by atoms with van der Waals surface area (Å²) in [5.41, 5.74) is 0.480. The molecule has 2 amide bonds. The Kier molecular flexibility index (Phi) is 8.36. The minimum absolute atomic E-state index is 0.0359. The minimum Gasteiger partial charge on any atom is -0.389 e. The number of hydrogen-bond donors (Lipinski definition) is 2. The van der Waals surface area contributed by atoms with Gasteiger partial charge in [0.2, 0.25) is 6.41 Å². The van der Waals surface area contributed by atoms with Crippen LogP contribution >= 0.6 is 11.3 Å². The number of amides is 2. The quantitative estimate of drug-likeness (QED) is 0.241. The number of carbonyl (C=O) groups excluding carboxylic acids is 2. The molecule has 1 aromatic heterocycles. The molecule has 2 saturated heterocycles. The van der Waals surface area contributed by atoms with E-state index in [1.54, 1.807) is 18.3 Å². The first kappa shape index (κ1) is 26.7. The Morgan fingerprint density at radius 3 is 2.61 bits per heavy atom. The van der Waals surface area contributed by atoms with Gasteiger partial charge in [0.25, 0.3) is 5.91 Å². The number of rotatable bonds is 11. The lowest BCUT2D eigenvalue weighted by atomic mass is 10.1. The second kappa shape index (κ2) is 11.9. The second-order valence-electron chi connectivity index (χ2n) is 9.72. The molecular formula is C25H31N5O6S2. The number of carbonyl (C=O) groups is 2. The third kappa shape index (κ3) is 6.57. The molecular weight excluding hydrogens is 530 g/mol. The third-order valence-electron chi connectivity index (χ3n) is 6.86. The molecule has 0 unspecified atom stereocenters. The van der Waals surface area contributed by atoms with Crippen LogP contribution in [0.2, 0.25) is 0 Å². The lowest BCUT2D eigenvalue weighted by Crippen LogP contribution is -2.41. The van der Waals surface area contributed by atoms with Crippen LogP contribution in [0, 0.1) is 0 Å². The van der Waals surface area contributed by atoms with Crippen LogP contribution in [0.15, 0.2) is 40.5 Å². The zero-order valence-electron chi connectivity index (χ0n) is 20.9. The molecule has 1 atom stereocenters. The summed E-state index contributed by atoms with van der Waals surface area (Å²) in [7, 11) is -3.34. The first-order valence-corrected chi connectivity index (χ1v) is 15.1. The summed E-state index contributed by atoms with van der Waals surface area (Å²) in [6.07, 6.45) is 6.09. The van der Waals surface area contributed by atoms with E-state index < -0.39 is 15.7 Å². The van der Waals surface area contributed by atoms with Crippen LogP contribution in [0.1, 0.15) is 42.5 Å². The van der Waals surface area contributed by atoms with Gasteiger partial charge in [-0.3, -0.25) is 19.8 Å². The smallest absolute Gasteiger partial charge is 0.280 e. The summed E-state index contributed by atoms with van der Waals surface area (Å²) in [4.78, 5) is 37.4. The normalized spacial score (nSPS) is 21.3. The van der Waals surface area contributed by atoms with Gasteiger partial charge in [-0.2, -0.15) is 0 Å². The number of sulfone groups is 1. The van der Waals surface area contributed by atoms with Crippen LogP contribution in [-0.4, -0.2) is 80.0 Å². The fourth-order valence-corrected chi connectivity index (χ4v) is 7.00. The van der Waals surface area contributed by atoms with Gasteiger partial charge in [0.1, 0.15) is 0 Å². The van der Waals surface area contributed by atoms with E-state index in [1.807, 2.05) is 0 Å². The fourth-order valence-electron chi connectivity index (χ4n) is 4.49. The number of piperidine rings is 1. The Balaban J connectivity index is 1.26. The number of likely N-dealkylation sites (tertiary alicyclic amines) is 1. The highest BCUT2D eigenvalue weighted by molar-refractivity contribution is 7.92. The summed E-state index contributed by atoms with van der Waals surface area (Å²) in [5, 5.41) is 9.93. The molecule has 3 aliphatic rings. The van der Waals surface area contributed by atoms with Gasteiger partial charge in [0.15, 0.2) is 26.8 Å². The van der Waals surface area contributed by atoms with Crippen LogP contribution in [0.3, 0.4) is 0 Å². The summed E-state index contributed by atoms with van der Waals surface area (Å²) in [6.45, 7) is 3.43. The summed E-state index contributed by atoms with van der Waals surface area (Å²) < 4.78 is 30.5. The Bertz CT molecular complexity index is 1260. The zero-order chi connectivity index (χ0) is 26.5. The van der Waals surface area contributed by atoms with E-state index in [0.717, 1.165) is 37.2 Å². The van der Waals surface area contributed by atoms with Crippen molar-refractivity contribution in [3.05, 3.63) is 40.9 Å². The Morgan fingerprint density at radius 1 is 1.18 bits per heavy atom. The highest BCUT2D eigenvalue weighted by atomic mass is 32.2. The van der Waals surface area contributed by atoms with Crippen LogP contribution < -0.4 is 10.6 Å². The van der Waals surface area contributed by atoms with E-state index in [0.29, 0.717) is 49.7 Å². The molecule has 3 fully saturated rings. The number of thiazole rings is 1. The maximum atomic E-state index is 13.3. The molecule has 0 spiro atoms. The van der Waals surface area contributed by atoms with E-state index >= 15 is 0 Å². The Labute approximate surface area is 225 Å². The highest BCUT2D eigenvalue weighted by Gasteiger charge is 2.37. The van der Waals surface area contributed by atoms with Gasteiger partial charge in [-0.15, -0.1) is 11.3 Å². The average Bonchev–Trinajstić information content (AvgIpc) is 3.50. The topological polar surface area (TPSA) is 139 Å². The lowest BCUT2D eigenvalue weighted by Gasteiger charge is -2.31. The van der Waals surface area contributed by atoms with Gasteiger partial charge in [-0.25, -0.2) is 13.4 Å². The van der Waals surface area contributed by atoms with Gasteiger partial charge >= 0.3 is 0 Å². The van der Waals surface area contributed by atoms with Crippen molar-refractivity contribution in [2.75, 3.05) is 31.6 Å². The first-order valence-electron chi connectivity index (χ1n) is 12.8. The van der Waals surface area contributed by atoms with Crippen molar-refractivity contribution in [3.63, 3.8) is 0 Å². The van der Waals surface area contributed by atoms with Crippen LogP contribution in [0.25, 0.3) is 0 Å². The van der Waals surface area contributed by atoms with Gasteiger partial charge in [-0.05, 0) is 37.8 Å². The van der Waals surface area contributed by atoms with Gasteiger partial charge in [0.05, 0.1) is 23.4 Å². The van der Waals surface area contributed by atoms with Crippen molar-refractivity contribution in [1.82, 2.24) is 15.2 Å². The summed E-state index contributed by atoms with van der Waals surface area (Å²) >= 11 is 1.39. The van der Waals surface area contributed by atoms with Crippen LogP contribution in [-0.2, 0) is 35.5 Å². The maximum absolute atomic E-state index is 13.3. The van der Waals surface area contributed by atoms with Crippen molar-refractivity contribution in [2.45, 2.75) is 60.9 Å². The van der Waals surface area contributed by atoms with Crippen molar-refractivity contribution >= 4 is 44.3 Å². The molecule has 13 heteroatoms. The standard InChI is InChI=1S/C25H31N5O6S2/c31-16-27-18-7-10-30(11-8-18)14-20-13-26-25(37-20)28-24(32)23(29-36-19-9-12-35-15-19)17-1-3-21(4-2-17)38(33,34)22-5-6-22/h1-4,13,16,18-19,22H,5-12,14-15H2,(H,27,31)(H,26,28,32)/b29-23+/t19-/m1/s1. The fraction of sp³-hybridized carbons (Fsp3) is 0.520. The SMILES string of the molecule is O=CNC1CCN(Cc2cnc(NC(=O)/C(=N/O[C@@H]3CCOC3)c3ccc(S(=O)(=O)C4CC4)cc3)s2)CC1. The molecule has 2 aliphatic heterocycles. The number of nitrogens with zero attached hydrogens (tertiary/aromatic N) is 3. The molecule has 1 aliphatic carbocycles. The number of oxime groups is 1. The second-order valence-corrected chi connectivity index (χ2v) is 13.1. The highest BCUT2D eigenvalue weighted by Crippen LogP contribution is 2.33. The first-order chi connectivity index (χ1) is 18.4. The van der Waals surface area contributed by atoms with Gasteiger partial charge in [0, 0.05) is 48.7 Å². The molecule has 0 radical (unpaired) electrons. The summed E-state index contributed by atoms with van der Waals surface area (Å²) in [6, 6.07) is 6.41. The Morgan fingerprint density at radius 2 is 1.95 bits per heavy atom. The molecule has 38 heavy (non-hydrogen) atoms. The number of hydrogen-bond acceptors (Lipinski definition) is 10.